The average Bonchev–Trinajstić information content (AvgIpc) is 2.60. The number of rotatable bonds is 20. The lowest BCUT2D eigenvalue weighted by Gasteiger charge is -2.18. The zero-order valence-corrected chi connectivity index (χ0v) is 17.1. The maximum absolute atomic E-state index is 5.78. The molecule has 0 aliphatic carbocycles. The highest BCUT2D eigenvalue weighted by Gasteiger charge is 2.08. The Balaban J connectivity index is 3.29. The van der Waals surface area contributed by atoms with Crippen molar-refractivity contribution in [2.75, 3.05) is 13.2 Å². The Labute approximate surface area is 153 Å². The summed E-state index contributed by atoms with van der Waals surface area (Å²) in [6.45, 7) is 8.25. The highest BCUT2D eigenvalue weighted by Crippen LogP contribution is 2.14. The molecule has 0 saturated carbocycles. The van der Waals surface area contributed by atoms with E-state index in [4.69, 9.17) is 9.47 Å². The van der Waals surface area contributed by atoms with E-state index in [1.807, 2.05) is 0 Å². The molecule has 0 unspecified atom stereocenters. The summed E-state index contributed by atoms with van der Waals surface area (Å²) < 4.78 is 11.6. The largest absolute Gasteiger partial charge is 0.353 e. The number of ether oxygens (including phenoxy) is 2. The minimum absolute atomic E-state index is 0.0395. The van der Waals surface area contributed by atoms with Crippen LogP contribution in [0.15, 0.2) is 0 Å². The van der Waals surface area contributed by atoms with Crippen molar-refractivity contribution in [2.24, 2.45) is 0 Å². The van der Waals surface area contributed by atoms with Crippen molar-refractivity contribution in [3.05, 3.63) is 0 Å². The monoisotopic (exact) mass is 342 g/mol. The molecule has 0 aliphatic heterocycles. The Morgan fingerprint density at radius 1 is 0.458 bits per heavy atom. The minimum atomic E-state index is 0.0395. The van der Waals surface area contributed by atoms with Gasteiger partial charge in [-0.15, -0.1) is 0 Å². The summed E-state index contributed by atoms with van der Waals surface area (Å²) in [5.41, 5.74) is 0. The van der Waals surface area contributed by atoms with Crippen molar-refractivity contribution in [3.63, 3.8) is 0 Å². The van der Waals surface area contributed by atoms with E-state index in [1.54, 1.807) is 0 Å². The maximum atomic E-state index is 5.78. The van der Waals surface area contributed by atoms with Crippen molar-refractivity contribution in [3.8, 4) is 0 Å². The van der Waals surface area contributed by atoms with Crippen LogP contribution in [0.3, 0.4) is 0 Å². The molecule has 0 heterocycles. The van der Waals surface area contributed by atoms with Crippen LogP contribution in [-0.4, -0.2) is 19.5 Å². The Morgan fingerprint density at radius 2 is 0.833 bits per heavy atom. The summed E-state index contributed by atoms with van der Waals surface area (Å²) in [6.07, 6.45) is 21.5. The first-order chi connectivity index (χ1) is 11.8. The first-order valence-electron chi connectivity index (χ1n) is 11.1. The third-order valence-electron chi connectivity index (χ3n) is 4.56. The second kappa shape index (κ2) is 21.0. The summed E-state index contributed by atoms with van der Waals surface area (Å²) in [6, 6.07) is 0. The van der Waals surface area contributed by atoms with Gasteiger partial charge in [0.05, 0.1) is 0 Å². The van der Waals surface area contributed by atoms with Crippen LogP contribution in [0.4, 0.5) is 0 Å². The summed E-state index contributed by atoms with van der Waals surface area (Å²) in [5.74, 6) is 0. The van der Waals surface area contributed by atoms with Gasteiger partial charge in [0.15, 0.2) is 6.29 Å². The average molecular weight is 343 g/mol. The van der Waals surface area contributed by atoms with Crippen LogP contribution in [0.25, 0.3) is 0 Å². The summed E-state index contributed by atoms with van der Waals surface area (Å²) >= 11 is 0. The number of unbranched alkanes of at least 4 members (excludes halogenated alkanes) is 12. The second-order valence-electron chi connectivity index (χ2n) is 7.20. The van der Waals surface area contributed by atoms with E-state index in [9.17, 15) is 0 Å². The molecule has 146 valence electrons. The SMILES string of the molecule is CCCCCCCCCCCCCCCC(OCCC)OCCC. The van der Waals surface area contributed by atoms with Crippen LogP contribution in [0.5, 0.6) is 0 Å². The molecule has 0 saturated heterocycles. The predicted molar refractivity (Wildman–Crippen MR) is 107 cm³/mol. The van der Waals surface area contributed by atoms with Gasteiger partial charge in [-0.25, -0.2) is 0 Å². The third-order valence-corrected chi connectivity index (χ3v) is 4.56. The van der Waals surface area contributed by atoms with Gasteiger partial charge in [0, 0.05) is 13.2 Å². The molecular weight excluding hydrogens is 296 g/mol. The molecule has 0 bridgehead atoms. The maximum Gasteiger partial charge on any atom is 0.157 e. The smallest absolute Gasteiger partial charge is 0.157 e. The normalized spacial score (nSPS) is 11.5. The molecule has 0 aromatic carbocycles. The molecule has 0 rings (SSSR count). The number of hydrogen-bond donors (Lipinski definition) is 0. The van der Waals surface area contributed by atoms with Gasteiger partial charge in [0.2, 0.25) is 0 Å². The molecule has 2 heteroatoms. The molecule has 0 amide bonds. The van der Waals surface area contributed by atoms with E-state index >= 15 is 0 Å². The van der Waals surface area contributed by atoms with Gasteiger partial charge in [-0.1, -0.05) is 97.8 Å². The Morgan fingerprint density at radius 3 is 1.21 bits per heavy atom. The van der Waals surface area contributed by atoms with Crippen LogP contribution in [-0.2, 0) is 9.47 Å². The lowest BCUT2D eigenvalue weighted by molar-refractivity contribution is -0.146. The Kier molecular flexibility index (Phi) is 20.9. The highest BCUT2D eigenvalue weighted by molar-refractivity contribution is 4.51. The van der Waals surface area contributed by atoms with Gasteiger partial charge in [-0.3, -0.25) is 0 Å². The van der Waals surface area contributed by atoms with E-state index < -0.39 is 0 Å². The van der Waals surface area contributed by atoms with Crippen LogP contribution in [0.1, 0.15) is 124 Å². The predicted octanol–water partition coefficient (Wildman–Crippen LogP) is 7.65. The fraction of sp³-hybridized carbons (Fsp3) is 1.00. The van der Waals surface area contributed by atoms with E-state index in [0.717, 1.165) is 32.5 Å². The van der Waals surface area contributed by atoms with Crippen LogP contribution >= 0.6 is 0 Å². The molecule has 0 atom stereocenters. The molecule has 0 aliphatic rings. The molecule has 2 nitrogen and oxygen atoms in total. The van der Waals surface area contributed by atoms with E-state index in [2.05, 4.69) is 20.8 Å². The van der Waals surface area contributed by atoms with Gasteiger partial charge in [-0.2, -0.15) is 0 Å². The summed E-state index contributed by atoms with van der Waals surface area (Å²) in [5, 5.41) is 0. The van der Waals surface area contributed by atoms with Crippen molar-refractivity contribution in [2.45, 2.75) is 130 Å². The van der Waals surface area contributed by atoms with Gasteiger partial charge in [-0.05, 0) is 25.7 Å². The molecule has 0 N–H and O–H groups in total. The minimum Gasteiger partial charge on any atom is -0.353 e. The molecule has 0 fully saturated rings. The summed E-state index contributed by atoms with van der Waals surface area (Å²) in [7, 11) is 0. The quantitative estimate of drug-likeness (QED) is 0.167. The zero-order chi connectivity index (χ0) is 17.7. The Hall–Kier alpha value is -0.0800. The second-order valence-corrected chi connectivity index (χ2v) is 7.20. The van der Waals surface area contributed by atoms with Gasteiger partial charge in [0.1, 0.15) is 0 Å². The van der Waals surface area contributed by atoms with Crippen molar-refractivity contribution in [1.82, 2.24) is 0 Å². The highest BCUT2D eigenvalue weighted by atomic mass is 16.7. The fourth-order valence-electron chi connectivity index (χ4n) is 3.04. The van der Waals surface area contributed by atoms with Gasteiger partial charge >= 0.3 is 0 Å². The van der Waals surface area contributed by atoms with E-state index in [1.165, 1.54) is 83.5 Å². The number of hydrogen-bond acceptors (Lipinski definition) is 2. The topological polar surface area (TPSA) is 18.5 Å². The molecule has 0 aromatic heterocycles. The van der Waals surface area contributed by atoms with Crippen LogP contribution in [0.2, 0.25) is 0 Å². The molecular formula is C22H46O2. The summed E-state index contributed by atoms with van der Waals surface area (Å²) in [4.78, 5) is 0. The molecule has 24 heavy (non-hydrogen) atoms. The van der Waals surface area contributed by atoms with Gasteiger partial charge < -0.3 is 9.47 Å². The molecule has 0 spiro atoms. The van der Waals surface area contributed by atoms with Crippen molar-refractivity contribution in [1.29, 1.82) is 0 Å². The lowest BCUT2D eigenvalue weighted by atomic mass is 10.0. The zero-order valence-electron chi connectivity index (χ0n) is 17.1. The first-order valence-corrected chi connectivity index (χ1v) is 11.1. The molecule has 0 radical (unpaired) electrons. The van der Waals surface area contributed by atoms with E-state index in [-0.39, 0.29) is 6.29 Å². The third kappa shape index (κ3) is 18.3. The Bertz CT molecular complexity index is 210. The standard InChI is InChI=1S/C22H46O2/c1-4-7-8-9-10-11-12-13-14-15-16-17-18-19-22(23-20-5-2)24-21-6-3/h22H,4-21H2,1-3H3. The van der Waals surface area contributed by atoms with Crippen molar-refractivity contribution >= 4 is 0 Å². The van der Waals surface area contributed by atoms with Crippen molar-refractivity contribution < 1.29 is 9.47 Å². The van der Waals surface area contributed by atoms with Crippen LogP contribution in [0, 0.1) is 0 Å². The first kappa shape index (κ1) is 23.9. The lowest BCUT2D eigenvalue weighted by Crippen LogP contribution is -2.18. The van der Waals surface area contributed by atoms with Gasteiger partial charge in [0.25, 0.3) is 0 Å². The van der Waals surface area contributed by atoms with Crippen LogP contribution < -0.4 is 0 Å². The fourth-order valence-corrected chi connectivity index (χ4v) is 3.04. The molecule has 0 aromatic rings. The van der Waals surface area contributed by atoms with E-state index in [0.29, 0.717) is 0 Å².